The molecule has 0 bridgehead atoms. The van der Waals surface area contributed by atoms with Crippen molar-refractivity contribution in [3.63, 3.8) is 0 Å². The molecule has 1 aliphatic heterocycles. The summed E-state index contributed by atoms with van der Waals surface area (Å²) < 4.78 is 6.17. The van der Waals surface area contributed by atoms with Crippen LogP contribution in [-0.2, 0) is 11.2 Å². The number of ether oxygens (including phenoxy) is 1. The van der Waals surface area contributed by atoms with Crippen LogP contribution < -0.4 is 0 Å². The molecule has 0 spiro atoms. The van der Waals surface area contributed by atoms with Crippen molar-refractivity contribution in [2.75, 3.05) is 12.5 Å². The average molecular weight is 264 g/mol. The minimum absolute atomic E-state index is 0.293. The summed E-state index contributed by atoms with van der Waals surface area (Å²) in [5.41, 5.74) is 4.58. The second-order valence-electron chi connectivity index (χ2n) is 4.39. The van der Waals surface area contributed by atoms with Gasteiger partial charge in [0.15, 0.2) is 5.44 Å². The molecule has 0 amide bonds. The van der Waals surface area contributed by atoms with Crippen LogP contribution in [0.25, 0.3) is 5.76 Å². The Morgan fingerprint density at radius 1 is 1.12 bits per heavy atom. The SMILES string of the molecule is CS[C@H]1OC2=C(CCc3ccccc32)[C@@H]1SC. The molecule has 2 atom stereocenters. The zero-order chi connectivity index (χ0) is 11.8. The van der Waals surface area contributed by atoms with Gasteiger partial charge in [0.2, 0.25) is 0 Å². The van der Waals surface area contributed by atoms with Gasteiger partial charge in [0, 0.05) is 5.56 Å². The molecule has 1 heterocycles. The fourth-order valence-corrected chi connectivity index (χ4v) is 4.75. The van der Waals surface area contributed by atoms with Crippen LogP contribution in [0.4, 0.5) is 0 Å². The lowest BCUT2D eigenvalue weighted by Gasteiger charge is -2.18. The molecule has 3 rings (SSSR count). The molecule has 0 radical (unpaired) electrons. The van der Waals surface area contributed by atoms with Crippen LogP contribution in [-0.4, -0.2) is 23.2 Å². The van der Waals surface area contributed by atoms with E-state index in [-0.39, 0.29) is 0 Å². The van der Waals surface area contributed by atoms with Crippen molar-refractivity contribution in [3.05, 3.63) is 41.0 Å². The van der Waals surface area contributed by atoms with Crippen molar-refractivity contribution in [1.82, 2.24) is 0 Å². The Balaban J connectivity index is 2.04. The Bertz CT molecular complexity index is 467. The number of rotatable bonds is 2. The van der Waals surface area contributed by atoms with Gasteiger partial charge in [-0.2, -0.15) is 11.8 Å². The maximum atomic E-state index is 6.17. The summed E-state index contributed by atoms with van der Waals surface area (Å²) >= 11 is 3.74. The third kappa shape index (κ3) is 1.80. The lowest BCUT2D eigenvalue weighted by atomic mass is 9.90. The van der Waals surface area contributed by atoms with Crippen molar-refractivity contribution < 1.29 is 4.74 Å². The van der Waals surface area contributed by atoms with E-state index in [1.807, 2.05) is 23.5 Å². The van der Waals surface area contributed by atoms with Gasteiger partial charge >= 0.3 is 0 Å². The number of thioether (sulfide) groups is 2. The van der Waals surface area contributed by atoms with Gasteiger partial charge in [0.25, 0.3) is 0 Å². The van der Waals surface area contributed by atoms with Crippen LogP contribution in [0.3, 0.4) is 0 Å². The van der Waals surface area contributed by atoms with Crippen LogP contribution in [0.2, 0.25) is 0 Å². The van der Waals surface area contributed by atoms with Gasteiger partial charge in [-0.05, 0) is 36.5 Å². The van der Waals surface area contributed by atoms with E-state index in [1.54, 1.807) is 0 Å². The monoisotopic (exact) mass is 264 g/mol. The molecule has 0 fully saturated rings. The van der Waals surface area contributed by atoms with Crippen LogP contribution in [0.15, 0.2) is 29.8 Å². The number of hydrogen-bond acceptors (Lipinski definition) is 3. The highest BCUT2D eigenvalue weighted by atomic mass is 32.2. The molecule has 1 aromatic rings. The number of aryl methyl sites for hydroxylation is 1. The first-order valence-corrected chi connectivity index (χ1v) is 8.46. The summed E-state index contributed by atoms with van der Waals surface area (Å²) in [5.74, 6) is 1.17. The summed E-state index contributed by atoms with van der Waals surface area (Å²) in [6.45, 7) is 0. The van der Waals surface area contributed by atoms with Crippen LogP contribution in [0.5, 0.6) is 0 Å². The molecule has 90 valence electrons. The van der Waals surface area contributed by atoms with E-state index in [2.05, 4.69) is 36.8 Å². The summed E-state index contributed by atoms with van der Waals surface area (Å²) in [4.78, 5) is 0. The smallest absolute Gasteiger partial charge is 0.160 e. The van der Waals surface area contributed by atoms with E-state index >= 15 is 0 Å². The Labute approximate surface area is 111 Å². The minimum atomic E-state index is 0.293. The molecule has 0 aromatic heterocycles. The highest BCUT2D eigenvalue weighted by Gasteiger charge is 2.38. The van der Waals surface area contributed by atoms with Gasteiger partial charge in [-0.25, -0.2) is 0 Å². The maximum absolute atomic E-state index is 6.17. The van der Waals surface area contributed by atoms with Crippen molar-refractivity contribution in [3.8, 4) is 0 Å². The standard InChI is InChI=1S/C14H16OS2/c1-16-13-11-8-7-9-5-3-4-6-10(9)12(11)15-14(13)17-2/h3-6,13-14H,7-8H2,1-2H3/t13-,14+/m0/s1. The van der Waals surface area contributed by atoms with Gasteiger partial charge in [-0.15, -0.1) is 11.8 Å². The average Bonchev–Trinajstić information content (AvgIpc) is 2.76. The summed E-state index contributed by atoms with van der Waals surface area (Å²) in [7, 11) is 0. The van der Waals surface area contributed by atoms with Gasteiger partial charge in [0.05, 0.1) is 5.25 Å². The zero-order valence-electron chi connectivity index (χ0n) is 10.1. The Hall–Kier alpha value is -0.540. The predicted octanol–water partition coefficient (Wildman–Crippen LogP) is 3.79. The van der Waals surface area contributed by atoms with Crippen molar-refractivity contribution in [2.45, 2.75) is 23.5 Å². The molecule has 0 saturated carbocycles. The molecular weight excluding hydrogens is 248 g/mol. The van der Waals surface area contributed by atoms with Crippen LogP contribution in [0.1, 0.15) is 17.5 Å². The van der Waals surface area contributed by atoms with E-state index in [1.165, 1.54) is 22.5 Å². The van der Waals surface area contributed by atoms with Gasteiger partial charge < -0.3 is 4.74 Å². The van der Waals surface area contributed by atoms with E-state index in [4.69, 9.17) is 4.74 Å². The van der Waals surface area contributed by atoms with Crippen LogP contribution in [0, 0.1) is 0 Å². The second-order valence-corrected chi connectivity index (χ2v) is 6.31. The van der Waals surface area contributed by atoms with Crippen molar-refractivity contribution >= 4 is 29.3 Å². The fraction of sp³-hybridized carbons (Fsp3) is 0.429. The highest BCUT2D eigenvalue weighted by Crippen LogP contribution is 2.46. The largest absolute Gasteiger partial charge is 0.478 e. The summed E-state index contributed by atoms with van der Waals surface area (Å²) in [5, 5.41) is 0.536. The molecule has 0 unspecified atom stereocenters. The first kappa shape index (κ1) is 11.5. The number of hydrogen-bond donors (Lipinski definition) is 0. The van der Waals surface area contributed by atoms with E-state index in [0.29, 0.717) is 10.7 Å². The third-order valence-corrected chi connectivity index (χ3v) is 5.57. The first-order valence-electron chi connectivity index (χ1n) is 5.88. The molecule has 0 N–H and O–H groups in total. The molecule has 1 aromatic carbocycles. The van der Waals surface area contributed by atoms with E-state index in [9.17, 15) is 0 Å². The fourth-order valence-electron chi connectivity index (χ4n) is 2.69. The summed E-state index contributed by atoms with van der Waals surface area (Å²) in [6.07, 6.45) is 6.65. The van der Waals surface area contributed by atoms with Crippen LogP contribution >= 0.6 is 23.5 Å². The predicted molar refractivity (Wildman–Crippen MR) is 77.4 cm³/mol. The molecule has 2 aliphatic rings. The molecule has 1 nitrogen and oxygen atoms in total. The zero-order valence-corrected chi connectivity index (χ0v) is 11.7. The first-order chi connectivity index (χ1) is 8.35. The van der Waals surface area contributed by atoms with Crippen molar-refractivity contribution in [2.24, 2.45) is 0 Å². The van der Waals surface area contributed by atoms with E-state index < -0.39 is 0 Å². The normalized spacial score (nSPS) is 26.5. The molecule has 17 heavy (non-hydrogen) atoms. The van der Waals surface area contributed by atoms with Crippen molar-refractivity contribution in [1.29, 1.82) is 0 Å². The summed E-state index contributed by atoms with van der Waals surface area (Å²) in [6, 6.07) is 8.66. The highest BCUT2D eigenvalue weighted by molar-refractivity contribution is 8.03. The molecular formula is C14H16OS2. The second kappa shape index (κ2) is 4.62. The minimum Gasteiger partial charge on any atom is -0.478 e. The lowest BCUT2D eigenvalue weighted by Crippen LogP contribution is -2.17. The van der Waals surface area contributed by atoms with E-state index in [0.717, 1.165) is 12.8 Å². The van der Waals surface area contributed by atoms with Gasteiger partial charge in [-0.3, -0.25) is 0 Å². The molecule has 0 saturated heterocycles. The quantitative estimate of drug-likeness (QED) is 0.804. The topological polar surface area (TPSA) is 9.23 Å². The van der Waals surface area contributed by atoms with Gasteiger partial charge in [-0.1, -0.05) is 24.3 Å². The Kier molecular flexibility index (Phi) is 3.14. The Morgan fingerprint density at radius 2 is 1.94 bits per heavy atom. The molecule has 3 heteroatoms. The van der Waals surface area contributed by atoms with Gasteiger partial charge in [0.1, 0.15) is 5.76 Å². The Morgan fingerprint density at radius 3 is 2.71 bits per heavy atom. The molecule has 1 aliphatic carbocycles. The number of benzene rings is 1. The maximum Gasteiger partial charge on any atom is 0.160 e. The lowest BCUT2D eigenvalue weighted by molar-refractivity contribution is 0.279. The third-order valence-electron chi connectivity index (χ3n) is 3.53. The number of fused-ring (bicyclic) bond motifs is 2.